The van der Waals surface area contributed by atoms with E-state index < -0.39 is 28.6 Å². The second-order valence-corrected chi connectivity index (χ2v) is 21.8. The lowest BCUT2D eigenvalue weighted by Gasteiger charge is -2.18. The summed E-state index contributed by atoms with van der Waals surface area (Å²) in [6.07, 6.45) is 0. The van der Waals surface area contributed by atoms with E-state index in [0.29, 0.717) is 57.5 Å². The Labute approximate surface area is 479 Å². The van der Waals surface area contributed by atoms with E-state index in [2.05, 4.69) is 26.3 Å². The number of para-hydroxylation sites is 4. The van der Waals surface area contributed by atoms with E-state index >= 15 is 0 Å². The first-order chi connectivity index (χ1) is 39.8. The van der Waals surface area contributed by atoms with E-state index in [4.69, 9.17) is 33.9 Å². The lowest BCUT2D eigenvalue weighted by Crippen LogP contribution is -2.27. The zero-order valence-corrected chi connectivity index (χ0v) is 47.7. The van der Waals surface area contributed by atoms with Gasteiger partial charge in [-0.3, -0.25) is 29.3 Å². The molecule has 9 rings (SSSR count). The maximum atomic E-state index is 14.7. The van der Waals surface area contributed by atoms with Crippen molar-refractivity contribution in [2.45, 2.75) is 68.4 Å². The van der Waals surface area contributed by atoms with Gasteiger partial charge in [0.25, 0.3) is 29.3 Å². The number of nitrogens with one attached hydrogen (secondary N) is 4. The Kier molecular flexibility index (Phi) is 17.7. The molecule has 0 unspecified atom stereocenters. The average Bonchev–Trinajstić information content (AvgIpc) is 3.67. The molecule has 19 nitrogen and oxygen atoms in total. The number of carbonyl (C=O) groups is 4. The molecule has 0 radical (unpaired) electrons. The van der Waals surface area contributed by atoms with Crippen LogP contribution in [0, 0.1) is 33.8 Å². The number of nitrogens with zero attached hydrogens (tertiary/aromatic N) is 5. The number of amides is 4. The number of anilines is 3. The van der Waals surface area contributed by atoms with Gasteiger partial charge in [0.15, 0.2) is 5.52 Å². The van der Waals surface area contributed by atoms with Crippen LogP contribution in [0.1, 0.15) is 116 Å². The fourth-order valence-corrected chi connectivity index (χ4v) is 8.93. The Morgan fingerprint density at radius 2 is 0.735 bits per heavy atom. The molecule has 4 N–H and O–H groups in total. The summed E-state index contributed by atoms with van der Waals surface area (Å²) < 4.78 is 25.0. The van der Waals surface area contributed by atoms with Gasteiger partial charge in [-0.1, -0.05) is 110 Å². The van der Waals surface area contributed by atoms with E-state index in [1.54, 1.807) is 66.7 Å². The van der Waals surface area contributed by atoms with Crippen molar-refractivity contribution in [1.82, 2.24) is 25.3 Å². The molecule has 9 aromatic rings. The van der Waals surface area contributed by atoms with Crippen LogP contribution in [0.15, 0.2) is 127 Å². The number of ether oxygens (including phenoxy) is 4. The normalized spacial score (nSPS) is 11.8. The van der Waals surface area contributed by atoms with Gasteiger partial charge < -0.3 is 40.2 Å². The third kappa shape index (κ3) is 13.5. The van der Waals surface area contributed by atoms with Crippen LogP contribution in [0.4, 0.5) is 22.7 Å². The summed E-state index contributed by atoms with van der Waals surface area (Å²) in [5, 5.41) is 25.9. The molecule has 0 fully saturated rings. The summed E-state index contributed by atoms with van der Waals surface area (Å²) in [5.41, 5.74) is 1.81. The predicted octanol–water partition coefficient (Wildman–Crippen LogP) is 13.2. The molecule has 0 aliphatic rings. The topological polar surface area (TPSA) is 248 Å². The van der Waals surface area contributed by atoms with Gasteiger partial charge in [0.05, 0.1) is 71.0 Å². The lowest BCUT2D eigenvalue weighted by atomic mass is 10.1. The van der Waals surface area contributed by atoms with Crippen LogP contribution in [0.2, 0.25) is 0 Å². The number of rotatable bonds is 22. The highest BCUT2D eigenvalue weighted by molar-refractivity contribution is 6.14. The quantitative estimate of drug-likeness (QED) is 0.0364. The van der Waals surface area contributed by atoms with Crippen LogP contribution in [0.5, 0.6) is 23.0 Å². The molecule has 4 aromatic heterocycles. The third-order valence-electron chi connectivity index (χ3n) is 13.0. The Hall–Kier alpha value is -9.78. The lowest BCUT2D eigenvalue weighted by molar-refractivity contribution is -0.383. The summed E-state index contributed by atoms with van der Waals surface area (Å²) in [5.74, 6) is -0.702. The highest BCUT2D eigenvalue weighted by atomic mass is 16.6. The summed E-state index contributed by atoms with van der Waals surface area (Å²) >= 11 is 0. The van der Waals surface area contributed by atoms with Crippen molar-refractivity contribution < 1.29 is 43.0 Å². The van der Waals surface area contributed by atoms with Crippen molar-refractivity contribution >= 4 is 90.0 Å². The van der Waals surface area contributed by atoms with Gasteiger partial charge in [0, 0.05) is 51.9 Å². The van der Waals surface area contributed by atoms with Crippen molar-refractivity contribution in [1.29, 1.82) is 0 Å². The molecule has 5 aromatic carbocycles. The smallest absolute Gasteiger partial charge is 0.295 e. The number of hydrogen-bond donors (Lipinski definition) is 4. The van der Waals surface area contributed by atoms with Crippen LogP contribution >= 0.6 is 0 Å². The van der Waals surface area contributed by atoms with Crippen molar-refractivity contribution in [3.63, 3.8) is 0 Å². The number of hydrogen-bond acceptors (Lipinski definition) is 14. The zero-order valence-electron chi connectivity index (χ0n) is 47.7. The number of aromatic nitrogens is 4. The number of benzene rings is 5. The summed E-state index contributed by atoms with van der Waals surface area (Å²) in [4.78, 5) is 88.1. The van der Waals surface area contributed by atoms with Crippen LogP contribution in [0.3, 0.4) is 0 Å². The first-order valence-corrected chi connectivity index (χ1v) is 27.5. The van der Waals surface area contributed by atoms with Gasteiger partial charge in [-0.25, -0.2) is 19.9 Å². The first-order valence-electron chi connectivity index (χ1n) is 27.5. The molecule has 0 saturated heterocycles. The standard InChI is InChI=1S/C64H65N9O10/c1-35(2)31-80-53-27-48(61(74)65-39(9)40-17-11-10-12-18-40)66-57-41(53)19-13-23-45(57)70-62(75)49-28-54(81-32-36(3)4)42-20-14-24-46(58(42)67-49)71-63(76)50-29-55(82-33-37(5)6)43-21-15-25-47(59(43)68-50)72-64(77)51-30-56(83-34-38(7)8)44-22-16-26-52(73(78)79)60(44)69-51/h10-30,35-39H,31-34H2,1-9H3,(H,65,74)(H,70,75)(H,71,76)(H,72,77)/t39-/m0/s1. The zero-order chi connectivity index (χ0) is 59.1. The van der Waals surface area contributed by atoms with Gasteiger partial charge >= 0.3 is 0 Å². The Morgan fingerprint density at radius 3 is 1.07 bits per heavy atom. The number of nitro groups is 1. The van der Waals surface area contributed by atoms with Crippen LogP contribution in [0.25, 0.3) is 43.6 Å². The molecule has 426 valence electrons. The summed E-state index contributed by atoms with van der Waals surface area (Å²) in [6.45, 7) is 19.0. The minimum atomic E-state index is -0.719. The molecular formula is C64H65N9O10. The number of non-ortho nitro benzene ring substituents is 1. The maximum Gasteiger partial charge on any atom is 0.295 e. The second-order valence-electron chi connectivity index (χ2n) is 21.8. The minimum absolute atomic E-state index is 0.0213. The Morgan fingerprint density at radius 1 is 0.422 bits per heavy atom. The number of carbonyl (C=O) groups excluding carboxylic acids is 4. The maximum absolute atomic E-state index is 14.7. The highest BCUT2D eigenvalue weighted by Crippen LogP contribution is 2.37. The molecule has 0 aliphatic heterocycles. The summed E-state index contributed by atoms with van der Waals surface area (Å²) in [6, 6.07) is 35.3. The van der Waals surface area contributed by atoms with Crippen molar-refractivity contribution in [2.24, 2.45) is 23.7 Å². The number of pyridine rings is 4. The second kappa shape index (κ2) is 25.3. The fourth-order valence-electron chi connectivity index (χ4n) is 8.93. The summed E-state index contributed by atoms with van der Waals surface area (Å²) in [7, 11) is 0. The first kappa shape index (κ1) is 57.9. The van der Waals surface area contributed by atoms with Crippen LogP contribution in [-0.2, 0) is 0 Å². The van der Waals surface area contributed by atoms with E-state index in [0.717, 1.165) is 5.56 Å². The largest absolute Gasteiger partial charge is 0.493 e. The van der Waals surface area contributed by atoms with E-state index in [1.165, 1.54) is 24.3 Å². The monoisotopic (exact) mass is 1120 g/mol. The van der Waals surface area contributed by atoms with Crippen molar-refractivity contribution in [3.05, 3.63) is 166 Å². The Bertz CT molecular complexity index is 3940. The molecule has 83 heavy (non-hydrogen) atoms. The van der Waals surface area contributed by atoms with Gasteiger partial charge in [-0.15, -0.1) is 0 Å². The minimum Gasteiger partial charge on any atom is -0.493 e. The fraction of sp³-hybridized carbons (Fsp3) is 0.281. The molecule has 4 heterocycles. The van der Waals surface area contributed by atoms with Crippen molar-refractivity contribution in [3.8, 4) is 23.0 Å². The molecule has 0 saturated carbocycles. The molecule has 1 atom stereocenters. The van der Waals surface area contributed by atoms with Gasteiger partial charge in [-0.2, -0.15) is 0 Å². The number of nitro benzene ring substituents is 1. The molecular weight excluding hydrogens is 1050 g/mol. The molecule has 19 heteroatoms. The van der Waals surface area contributed by atoms with E-state index in [-0.39, 0.29) is 111 Å². The van der Waals surface area contributed by atoms with Crippen molar-refractivity contribution in [2.75, 3.05) is 42.4 Å². The van der Waals surface area contributed by atoms with Gasteiger partial charge in [0.1, 0.15) is 45.8 Å². The Balaban J connectivity index is 1.07. The molecule has 4 amide bonds. The molecule has 0 bridgehead atoms. The van der Waals surface area contributed by atoms with Gasteiger partial charge in [0.2, 0.25) is 0 Å². The highest BCUT2D eigenvalue weighted by Gasteiger charge is 2.25. The van der Waals surface area contributed by atoms with Crippen LogP contribution in [-0.4, -0.2) is 74.9 Å². The number of fused-ring (bicyclic) bond motifs is 4. The van der Waals surface area contributed by atoms with Crippen LogP contribution < -0.4 is 40.2 Å². The van der Waals surface area contributed by atoms with Gasteiger partial charge in [-0.05, 0) is 78.6 Å². The average molecular weight is 1120 g/mol. The molecule has 0 spiro atoms. The molecule has 0 aliphatic carbocycles. The SMILES string of the molecule is CC(C)COc1cc(C(=O)Nc2cccc3c(OCC(C)C)cc(C(=O)N[C@@H](C)c4ccccc4)nc23)nc2c(NC(=O)c3cc(OCC(C)C)c4cccc(NC(=O)c5cc(OCC(C)C)c6cccc([N+](=O)[O-])c6n5)c4n3)cccc12. The van der Waals surface area contributed by atoms with E-state index in [1.807, 2.05) is 98.7 Å². The van der Waals surface area contributed by atoms with E-state index in [9.17, 15) is 29.3 Å². The predicted molar refractivity (Wildman–Crippen MR) is 321 cm³/mol. The third-order valence-corrected chi connectivity index (χ3v) is 13.0.